The van der Waals surface area contributed by atoms with E-state index in [1.54, 1.807) is 7.11 Å². The highest BCUT2D eigenvalue weighted by molar-refractivity contribution is 4.88. The highest BCUT2D eigenvalue weighted by atomic mass is 16.5. The van der Waals surface area contributed by atoms with Gasteiger partial charge in [0.2, 0.25) is 0 Å². The summed E-state index contributed by atoms with van der Waals surface area (Å²) in [6.07, 6.45) is 2.22. The summed E-state index contributed by atoms with van der Waals surface area (Å²) >= 11 is 0. The van der Waals surface area contributed by atoms with Crippen molar-refractivity contribution in [3.8, 4) is 0 Å². The quantitative estimate of drug-likeness (QED) is 0.733. The fraction of sp³-hybridized carbons (Fsp3) is 1.00. The SMILES string of the molecule is CCC(C)C(C)NCC1(OC)CCOC1. The van der Waals surface area contributed by atoms with Crippen LogP contribution in [0.2, 0.25) is 0 Å². The molecule has 0 bridgehead atoms. The molecule has 1 N–H and O–H groups in total. The molecule has 0 radical (unpaired) electrons. The van der Waals surface area contributed by atoms with Crippen LogP contribution >= 0.6 is 0 Å². The number of rotatable bonds is 6. The van der Waals surface area contributed by atoms with Crippen molar-refractivity contribution in [2.24, 2.45) is 5.92 Å². The average molecular weight is 215 g/mol. The summed E-state index contributed by atoms with van der Waals surface area (Å²) in [6, 6.07) is 0.544. The second-order valence-corrected chi connectivity index (χ2v) is 4.74. The summed E-state index contributed by atoms with van der Waals surface area (Å²) in [4.78, 5) is 0. The van der Waals surface area contributed by atoms with E-state index < -0.39 is 0 Å². The predicted molar refractivity (Wildman–Crippen MR) is 62.1 cm³/mol. The van der Waals surface area contributed by atoms with Crippen LogP contribution in [0.25, 0.3) is 0 Å². The van der Waals surface area contributed by atoms with Gasteiger partial charge in [-0.25, -0.2) is 0 Å². The summed E-state index contributed by atoms with van der Waals surface area (Å²) < 4.78 is 11.0. The van der Waals surface area contributed by atoms with Crippen molar-refractivity contribution in [2.45, 2.75) is 45.3 Å². The van der Waals surface area contributed by atoms with Gasteiger partial charge < -0.3 is 14.8 Å². The first-order valence-electron chi connectivity index (χ1n) is 6.00. The lowest BCUT2D eigenvalue weighted by molar-refractivity contribution is -0.0181. The molecule has 1 aliphatic heterocycles. The predicted octanol–water partition coefficient (Wildman–Crippen LogP) is 1.82. The third-order valence-corrected chi connectivity index (χ3v) is 3.74. The molecule has 0 aromatic rings. The number of hydrogen-bond donors (Lipinski definition) is 1. The Bertz CT molecular complexity index is 178. The van der Waals surface area contributed by atoms with E-state index in [4.69, 9.17) is 9.47 Å². The second kappa shape index (κ2) is 5.83. The summed E-state index contributed by atoms with van der Waals surface area (Å²) in [5.41, 5.74) is -0.0816. The van der Waals surface area contributed by atoms with Crippen LogP contribution in [0.3, 0.4) is 0 Å². The number of methoxy groups -OCH3 is 1. The van der Waals surface area contributed by atoms with E-state index in [9.17, 15) is 0 Å². The van der Waals surface area contributed by atoms with E-state index in [0.717, 1.165) is 26.2 Å². The maximum absolute atomic E-state index is 5.58. The molecule has 0 saturated carbocycles. The molecule has 3 heteroatoms. The average Bonchev–Trinajstić information content (AvgIpc) is 2.74. The summed E-state index contributed by atoms with van der Waals surface area (Å²) in [5, 5.41) is 3.56. The topological polar surface area (TPSA) is 30.5 Å². The Kier molecular flexibility index (Phi) is 5.03. The van der Waals surface area contributed by atoms with Gasteiger partial charge >= 0.3 is 0 Å². The largest absolute Gasteiger partial charge is 0.378 e. The molecule has 3 nitrogen and oxygen atoms in total. The van der Waals surface area contributed by atoms with Crippen molar-refractivity contribution in [3.63, 3.8) is 0 Å². The lowest BCUT2D eigenvalue weighted by atomic mass is 9.98. The maximum atomic E-state index is 5.58. The molecule has 0 aliphatic carbocycles. The molecule has 15 heavy (non-hydrogen) atoms. The molecule has 1 heterocycles. The normalized spacial score (nSPS) is 30.4. The van der Waals surface area contributed by atoms with E-state index in [0.29, 0.717) is 12.0 Å². The molecule has 1 fully saturated rings. The van der Waals surface area contributed by atoms with E-state index in [1.165, 1.54) is 6.42 Å². The van der Waals surface area contributed by atoms with Crippen molar-refractivity contribution in [1.82, 2.24) is 5.32 Å². The first kappa shape index (κ1) is 12.9. The van der Waals surface area contributed by atoms with Gasteiger partial charge in [0.1, 0.15) is 5.60 Å². The summed E-state index contributed by atoms with van der Waals surface area (Å²) in [6.45, 7) is 9.20. The van der Waals surface area contributed by atoms with Gasteiger partial charge in [0.15, 0.2) is 0 Å². The highest BCUT2D eigenvalue weighted by Gasteiger charge is 2.35. The summed E-state index contributed by atoms with van der Waals surface area (Å²) in [7, 11) is 1.78. The van der Waals surface area contributed by atoms with Crippen molar-refractivity contribution < 1.29 is 9.47 Å². The Labute approximate surface area is 93.5 Å². The third-order valence-electron chi connectivity index (χ3n) is 3.74. The maximum Gasteiger partial charge on any atom is 0.106 e. The minimum absolute atomic E-state index is 0.0816. The Balaban J connectivity index is 2.34. The van der Waals surface area contributed by atoms with E-state index >= 15 is 0 Å². The molecule has 1 aliphatic rings. The number of nitrogens with one attached hydrogen (secondary N) is 1. The Hall–Kier alpha value is -0.120. The van der Waals surface area contributed by atoms with E-state index in [-0.39, 0.29) is 5.60 Å². The van der Waals surface area contributed by atoms with Crippen molar-refractivity contribution >= 4 is 0 Å². The minimum Gasteiger partial charge on any atom is -0.378 e. The first-order chi connectivity index (χ1) is 7.13. The molecule has 3 atom stereocenters. The Morgan fingerprint density at radius 1 is 1.47 bits per heavy atom. The zero-order chi connectivity index (χ0) is 11.3. The van der Waals surface area contributed by atoms with Crippen LogP contribution in [-0.4, -0.2) is 38.5 Å². The standard InChI is InChI=1S/C12H25NO2/c1-5-10(2)11(3)13-8-12(14-4)6-7-15-9-12/h10-11,13H,5-9H2,1-4H3. The zero-order valence-electron chi connectivity index (χ0n) is 10.5. The fourth-order valence-electron chi connectivity index (χ4n) is 1.86. The van der Waals surface area contributed by atoms with Crippen LogP contribution < -0.4 is 5.32 Å². The third kappa shape index (κ3) is 3.44. The summed E-state index contributed by atoms with van der Waals surface area (Å²) in [5.74, 6) is 0.709. The lowest BCUT2D eigenvalue weighted by Gasteiger charge is -2.29. The Morgan fingerprint density at radius 2 is 2.20 bits per heavy atom. The van der Waals surface area contributed by atoms with Gasteiger partial charge in [-0.3, -0.25) is 0 Å². The van der Waals surface area contributed by atoms with Crippen molar-refractivity contribution in [2.75, 3.05) is 26.9 Å². The van der Waals surface area contributed by atoms with Gasteiger partial charge in [-0.1, -0.05) is 20.3 Å². The van der Waals surface area contributed by atoms with Gasteiger partial charge in [0.05, 0.1) is 6.61 Å². The molecule has 1 rings (SSSR count). The molecule has 0 amide bonds. The van der Waals surface area contributed by atoms with Crippen LogP contribution in [0.5, 0.6) is 0 Å². The first-order valence-corrected chi connectivity index (χ1v) is 6.00. The van der Waals surface area contributed by atoms with Crippen molar-refractivity contribution in [3.05, 3.63) is 0 Å². The fourth-order valence-corrected chi connectivity index (χ4v) is 1.86. The molecule has 0 aromatic heterocycles. The van der Waals surface area contributed by atoms with Crippen LogP contribution in [0.1, 0.15) is 33.6 Å². The second-order valence-electron chi connectivity index (χ2n) is 4.74. The van der Waals surface area contributed by atoms with Crippen molar-refractivity contribution in [1.29, 1.82) is 0 Å². The van der Waals surface area contributed by atoms with Crippen LogP contribution in [0.4, 0.5) is 0 Å². The van der Waals surface area contributed by atoms with Crippen LogP contribution in [-0.2, 0) is 9.47 Å². The lowest BCUT2D eigenvalue weighted by Crippen LogP contribution is -2.47. The molecular weight excluding hydrogens is 190 g/mol. The number of hydrogen-bond acceptors (Lipinski definition) is 3. The monoisotopic (exact) mass is 215 g/mol. The highest BCUT2D eigenvalue weighted by Crippen LogP contribution is 2.22. The minimum atomic E-state index is -0.0816. The molecule has 3 unspecified atom stereocenters. The molecule has 90 valence electrons. The van der Waals surface area contributed by atoms with Gasteiger partial charge in [-0.2, -0.15) is 0 Å². The van der Waals surface area contributed by atoms with E-state index in [2.05, 4.69) is 26.1 Å². The molecule has 1 saturated heterocycles. The smallest absolute Gasteiger partial charge is 0.106 e. The molecule has 0 aromatic carbocycles. The van der Waals surface area contributed by atoms with Gasteiger partial charge in [0, 0.05) is 32.7 Å². The van der Waals surface area contributed by atoms with E-state index in [1.807, 2.05) is 0 Å². The van der Waals surface area contributed by atoms with Gasteiger partial charge in [-0.05, 0) is 12.8 Å². The van der Waals surface area contributed by atoms with Gasteiger partial charge in [0.25, 0.3) is 0 Å². The van der Waals surface area contributed by atoms with Crippen LogP contribution in [0, 0.1) is 5.92 Å². The molecular formula is C12H25NO2. The van der Waals surface area contributed by atoms with Gasteiger partial charge in [-0.15, -0.1) is 0 Å². The Morgan fingerprint density at radius 3 is 2.67 bits per heavy atom. The van der Waals surface area contributed by atoms with Crippen LogP contribution in [0.15, 0.2) is 0 Å². The zero-order valence-corrected chi connectivity index (χ0v) is 10.5. The number of ether oxygens (including phenoxy) is 2. The molecule has 0 spiro atoms.